The molecule has 0 aliphatic carbocycles. The molecule has 1 N–H and O–H groups in total. The van der Waals surface area contributed by atoms with Crippen molar-refractivity contribution in [2.75, 3.05) is 18.1 Å². The predicted molar refractivity (Wildman–Crippen MR) is 101 cm³/mol. The van der Waals surface area contributed by atoms with Gasteiger partial charge >= 0.3 is 0 Å². The van der Waals surface area contributed by atoms with E-state index in [2.05, 4.69) is 36.3 Å². The highest BCUT2D eigenvalue weighted by Gasteiger charge is 2.28. The first-order valence-corrected chi connectivity index (χ1v) is 11.1. The Morgan fingerprint density at radius 2 is 2.04 bits per heavy atom. The van der Waals surface area contributed by atoms with E-state index in [-0.39, 0.29) is 23.3 Å². The maximum atomic E-state index is 12.2. The standard InChI is InChI=1S/C18H22N2O3S2/c1-12(2)14-3-5-15(6-4-14)18-20-16(10-24-18)17(21)19-9-13-7-8-25(22,23)11-13/h3-6,10,12-13H,7-9,11H2,1-2H3,(H,19,21). The van der Waals surface area contributed by atoms with Crippen LogP contribution in [-0.4, -0.2) is 37.4 Å². The first-order chi connectivity index (χ1) is 11.8. The van der Waals surface area contributed by atoms with Gasteiger partial charge in [-0.25, -0.2) is 13.4 Å². The highest BCUT2D eigenvalue weighted by atomic mass is 32.2. The van der Waals surface area contributed by atoms with Crippen LogP contribution in [0.15, 0.2) is 29.6 Å². The third-order valence-electron chi connectivity index (χ3n) is 4.44. The van der Waals surface area contributed by atoms with Gasteiger partial charge in [-0.1, -0.05) is 38.1 Å². The van der Waals surface area contributed by atoms with E-state index in [0.29, 0.717) is 24.6 Å². The van der Waals surface area contributed by atoms with Crippen LogP contribution in [0, 0.1) is 5.92 Å². The van der Waals surface area contributed by atoms with Gasteiger partial charge in [-0.05, 0) is 23.8 Å². The van der Waals surface area contributed by atoms with Crippen molar-refractivity contribution in [3.05, 3.63) is 40.9 Å². The van der Waals surface area contributed by atoms with Gasteiger partial charge in [0.2, 0.25) is 0 Å². The van der Waals surface area contributed by atoms with Crippen molar-refractivity contribution in [3.63, 3.8) is 0 Å². The molecule has 1 amide bonds. The molecule has 1 fully saturated rings. The van der Waals surface area contributed by atoms with Gasteiger partial charge in [-0.3, -0.25) is 4.79 Å². The Labute approximate surface area is 152 Å². The lowest BCUT2D eigenvalue weighted by molar-refractivity contribution is 0.0944. The fourth-order valence-corrected chi connectivity index (χ4v) is 5.55. The molecule has 1 saturated heterocycles. The Balaban J connectivity index is 1.61. The largest absolute Gasteiger partial charge is 0.350 e. The SMILES string of the molecule is CC(C)c1ccc(-c2nc(C(=O)NCC3CCS(=O)(=O)C3)cs2)cc1. The summed E-state index contributed by atoms with van der Waals surface area (Å²) in [5, 5.41) is 5.36. The smallest absolute Gasteiger partial charge is 0.270 e. The summed E-state index contributed by atoms with van der Waals surface area (Å²) in [4.78, 5) is 16.7. The maximum Gasteiger partial charge on any atom is 0.270 e. The van der Waals surface area contributed by atoms with Gasteiger partial charge < -0.3 is 5.32 Å². The molecule has 2 heterocycles. The van der Waals surface area contributed by atoms with E-state index in [1.54, 1.807) is 5.38 Å². The summed E-state index contributed by atoms with van der Waals surface area (Å²) in [5.74, 6) is 0.630. The molecule has 2 aromatic rings. The van der Waals surface area contributed by atoms with Gasteiger partial charge in [0.05, 0.1) is 11.5 Å². The molecule has 1 aliphatic rings. The van der Waals surface area contributed by atoms with Gasteiger partial charge in [0.15, 0.2) is 9.84 Å². The Bertz CT molecular complexity index is 855. The van der Waals surface area contributed by atoms with Crippen molar-refractivity contribution in [3.8, 4) is 10.6 Å². The van der Waals surface area contributed by atoms with Crippen LogP contribution in [0.2, 0.25) is 0 Å². The zero-order valence-electron chi connectivity index (χ0n) is 14.4. The van der Waals surface area contributed by atoms with Crippen molar-refractivity contribution in [2.45, 2.75) is 26.2 Å². The fourth-order valence-electron chi connectivity index (χ4n) is 2.88. The summed E-state index contributed by atoms with van der Waals surface area (Å²) >= 11 is 1.44. The van der Waals surface area contributed by atoms with E-state index < -0.39 is 9.84 Å². The molecule has 1 aliphatic heterocycles. The number of hydrogen-bond acceptors (Lipinski definition) is 5. The molecule has 1 atom stereocenters. The first-order valence-electron chi connectivity index (χ1n) is 8.38. The minimum Gasteiger partial charge on any atom is -0.350 e. The van der Waals surface area contributed by atoms with Crippen molar-refractivity contribution >= 4 is 27.1 Å². The average Bonchev–Trinajstić information content (AvgIpc) is 3.19. The van der Waals surface area contributed by atoms with Crippen LogP contribution in [0.1, 0.15) is 42.2 Å². The summed E-state index contributed by atoms with van der Waals surface area (Å²) in [6, 6.07) is 8.22. The van der Waals surface area contributed by atoms with Gasteiger partial charge in [-0.2, -0.15) is 0 Å². The Kier molecular flexibility index (Phi) is 5.24. The molecule has 0 saturated carbocycles. The highest BCUT2D eigenvalue weighted by molar-refractivity contribution is 7.91. The van der Waals surface area contributed by atoms with Crippen LogP contribution < -0.4 is 5.32 Å². The molecule has 0 radical (unpaired) electrons. The molecular weight excluding hydrogens is 356 g/mol. The molecule has 0 spiro atoms. The van der Waals surface area contributed by atoms with E-state index in [1.807, 2.05) is 12.1 Å². The number of nitrogens with one attached hydrogen (secondary N) is 1. The van der Waals surface area contributed by atoms with Crippen molar-refractivity contribution < 1.29 is 13.2 Å². The normalized spacial score (nSPS) is 19.2. The Morgan fingerprint density at radius 1 is 1.32 bits per heavy atom. The summed E-state index contributed by atoms with van der Waals surface area (Å²) < 4.78 is 22.9. The van der Waals surface area contributed by atoms with Gasteiger partial charge in [0.25, 0.3) is 5.91 Å². The number of amides is 1. The van der Waals surface area contributed by atoms with E-state index in [0.717, 1.165) is 10.6 Å². The number of aromatic nitrogens is 1. The topological polar surface area (TPSA) is 76.1 Å². The summed E-state index contributed by atoms with van der Waals surface area (Å²) in [6.07, 6.45) is 0.618. The predicted octanol–water partition coefficient (Wildman–Crippen LogP) is 3.10. The minimum atomic E-state index is -2.91. The van der Waals surface area contributed by atoms with Crippen molar-refractivity contribution in [1.29, 1.82) is 0 Å². The van der Waals surface area contributed by atoms with Gasteiger partial charge in [0.1, 0.15) is 10.7 Å². The van der Waals surface area contributed by atoms with Gasteiger partial charge in [-0.15, -0.1) is 11.3 Å². The molecule has 3 rings (SSSR count). The Morgan fingerprint density at radius 3 is 2.64 bits per heavy atom. The molecule has 1 unspecified atom stereocenters. The molecule has 25 heavy (non-hydrogen) atoms. The second kappa shape index (κ2) is 7.25. The summed E-state index contributed by atoms with van der Waals surface area (Å²) in [7, 11) is -2.91. The molecule has 7 heteroatoms. The molecular formula is C18H22N2O3S2. The number of sulfone groups is 1. The average molecular weight is 379 g/mol. The lowest BCUT2D eigenvalue weighted by Crippen LogP contribution is -2.30. The van der Waals surface area contributed by atoms with Crippen LogP contribution in [0.3, 0.4) is 0 Å². The second-order valence-electron chi connectivity index (χ2n) is 6.79. The number of benzene rings is 1. The lowest BCUT2D eigenvalue weighted by Gasteiger charge is -2.08. The molecule has 5 nitrogen and oxygen atoms in total. The summed E-state index contributed by atoms with van der Waals surface area (Å²) in [5.41, 5.74) is 2.65. The number of carbonyl (C=O) groups is 1. The van der Waals surface area contributed by atoms with Crippen molar-refractivity contribution in [2.24, 2.45) is 5.92 Å². The van der Waals surface area contributed by atoms with E-state index in [9.17, 15) is 13.2 Å². The fraction of sp³-hybridized carbons (Fsp3) is 0.444. The lowest BCUT2D eigenvalue weighted by atomic mass is 10.0. The molecule has 1 aromatic carbocycles. The second-order valence-corrected chi connectivity index (χ2v) is 9.88. The number of carbonyl (C=O) groups excluding carboxylic acids is 1. The number of hydrogen-bond donors (Lipinski definition) is 1. The van der Waals surface area contributed by atoms with E-state index in [4.69, 9.17) is 0 Å². The maximum absolute atomic E-state index is 12.2. The molecule has 0 bridgehead atoms. The van der Waals surface area contributed by atoms with E-state index >= 15 is 0 Å². The number of rotatable bonds is 5. The molecule has 134 valence electrons. The Hall–Kier alpha value is -1.73. The summed E-state index contributed by atoms with van der Waals surface area (Å²) in [6.45, 7) is 4.68. The quantitative estimate of drug-likeness (QED) is 0.867. The van der Waals surface area contributed by atoms with Crippen LogP contribution in [0.25, 0.3) is 10.6 Å². The third-order valence-corrected chi connectivity index (χ3v) is 7.17. The van der Waals surface area contributed by atoms with Crippen molar-refractivity contribution in [1.82, 2.24) is 10.3 Å². The van der Waals surface area contributed by atoms with Gasteiger partial charge in [0, 0.05) is 17.5 Å². The van der Waals surface area contributed by atoms with E-state index in [1.165, 1.54) is 16.9 Å². The van der Waals surface area contributed by atoms with Crippen LogP contribution in [-0.2, 0) is 9.84 Å². The minimum absolute atomic E-state index is 0.00985. The highest BCUT2D eigenvalue weighted by Crippen LogP contribution is 2.26. The zero-order chi connectivity index (χ0) is 18.0. The number of thiazole rings is 1. The van der Waals surface area contributed by atoms with Crippen LogP contribution in [0.4, 0.5) is 0 Å². The molecule has 1 aromatic heterocycles. The first kappa shape index (κ1) is 18.1. The number of nitrogens with zero attached hydrogens (tertiary/aromatic N) is 1. The van der Waals surface area contributed by atoms with Crippen LogP contribution in [0.5, 0.6) is 0 Å². The monoisotopic (exact) mass is 378 g/mol. The zero-order valence-corrected chi connectivity index (χ0v) is 16.0. The third kappa shape index (κ3) is 4.46. The van der Waals surface area contributed by atoms with Crippen LogP contribution >= 0.6 is 11.3 Å².